The molecule has 2 radical (unpaired) electrons. The zero-order valence-corrected chi connectivity index (χ0v) is 17.9. The molecule has 5 nitrogen and oxygen atoms in total. The molecule has 1 aliphatic heterocycles. The molecule has 1 aromatic rings. The van der Waals surface area contributed by atoms with E-state index in [4.69, 9.17) is 31.3 Å². The van der Waals surface area contributed by atoms with Gasteiger partial charge in [0, 0.05) is 13.0 Å². The number of ether oxygens (including phenoxy) is 3. The Morgan fingerprint density at radius 3 is 2.42 bits per heavy atom. The van der Waals surface area contributed by atoms with Gasteiger partial charge in [-0.25, -0.2) is 0 Å². The molecular formula is C16H27B3O5P2. The van der Waals surface area contributed by atoms with Gasteiger partial charge in [-0.05, 0) is 5.56 Å². The summed E-state index contributed by atoms with van der Waals surface area (Å²) in [4.78, 5) is 0. The van der Waals surface area contributed by atoms with Crippen LogP contribution in [0.4, 0.5) is 0 Å². The molecular weight excluding hydrogens is 367 g/mol. The summed E-state index contributed by atoms with van der Waals surface area (Å²) in [5, 5.41) is 0. The topological polar surface area (TPSA) is 46.2 Å². The van der Waals surface area contributed by atoms with Crippen LogP contribution in [0.3, 0.4) is 0 Å². The van der Waals surface area contributed by atoms with Crippen LogP contribution in [0.15, 0.2) is 30.3 Å². The van der Waals surface area contributed by atoms with Crippen LogP contribution < -0.4 is 0 Å². The van der Waals surface area contributed by atoms with Gasteiger partial charge in [-0.3, -0.25) is 0 Å². The van der Waals surface area contributed by atoms with Crippen LogP contribution in [-0.4, -0.2) is 59.2 Å². The lowest BCUT2D eigenvalue weighted by atomic mass is 9.69. The van der Waals surface area contributed by atoms with Crippen molar-refractivity contribution in [1.29, 1.82) is 0 Å². The molecule has 2 rings (SSSR count). The lowest BCUT2D eigenvalue weighted by molar-refractivity contribution is -0.269. The number of benzene rings is 1. The minimum absolute atomic E-state index is 0.0364. The fourth-order valence-electron chi connectivity index (χ4n) is 3.11. The summed E-state index contributed by atoms with van der Waals surface area (Å²) in [5.74, 6) is -0.0364. The first kappa shape index (κ1) is 22.4. The zero-order valence-electron chi connectivity index (χ0n) is 15.6. The zero-order chi connectivity index (χ0) is 19.1. The molecule has 1 aromatic carbocycles. The summed E-state index contributed by atoms with van der Waals surface area (Å²) in [7, 11) is 12.6. The van der Waals surface area contributed by atoms with E-state index in [9.17, 15) is 0 Å². The predicted molar refractivity (Wildman–Crippen MR) is 113 cm³/mol. The molecule has 0 amide bonds. The fraction of sp³-hybridized carbons (Fsp3) is 0.625. The van der Waals surface area contributed by atoms with Crippen LogP contribution in [-0.2, 0) is 30.1 Å². The lowest BCUT2D eigenvalue weighted by Gasteiger charge is -2.46. The van der Waals surface area contributed by atoms with Gasteiger partial charge in [-0.1, -0.05) is 44.1 Å². The largest absolute Gasteiger partial charge is 0.435 e. The molecule has 1 aliphatic rings. The minimum Gasteiger partial charge on any atom is -0.435 e. The van der Waals surface area contributed by atoms with Gasteiger partial charge in [0.15, 0.2) is 6.29 Å². The van der Waals surface area contributed by atoms with Gasteiger partial charge in [0.25, 0.3) is 6.53 Å². The van der Waals surface area contributed by atoms with Crippen LogP contribution in [0.2, 0.25) is 6.82 Å². The average molecular weight is 394 g/mol. The van der Waals surface area contributed by atoms with E-state index in [1.807, 2.05) is 44.1 Å². The molecule has 140 valence electrons. The maximum atomic E-state index is 6.10. The van der Waals surface area contributed by atoms with Crippen molar-refractivity contribution in [3.05, 3.63) is 35.9 Å². The van der Waals surface area contributed by atoms with Gasteiger partial charge in [-0.2, -0.15) is 0 Å². The summed E-state index contributed by atoms with van der Waals surface area (Å²) in [6.07, 6.45) is -1.31. The molecule has 0 bridgehead atoms. The number of hydrogen-bond acceptors (Lipinski definition) is 5. The van der Waals surface area contributed by atoms with E-state index in [1.165, 1.54) is 0 Å². The van der Waals surface area contributed by atoms with Crippen molar-refractivity contribution in [2.75, 3.05) is 13.7 Å². The van der Waals surface area contributed by atoms with E-state index < -0.39 is 12.8 Å². The molecule has 7 atom stereocenters. The number of hydrogen-bond donors (Lipinski definition) is 0. The van der Waals surface area contributed by atoms with Gasteiger partial charge in [0.1, 0.15) is 6.10 Å². The van der Waals surface area contributed by atoms with Crippen molar-refractivity contribution in [2.45, 2.75) is 45.0 Å². The maximum absolute atomic E-state index is 6.10. The molecule has 1 saturated heterocycles. The highest BCUT2D eigenvalue weighted by Crippen LogP contribution is 2.32. The van der Waals surface area contributed by atoms with Gasteiger partial charge < -0.3 is 23.5 Å². The van der Waals surface area contributed by atoms with Crippen molar-refractivity contribution < 1.29 is 23.5 Å². The molecule has 0 spiro atoms. The highest BCUT2D eigenvalue weighted by molar-refractivity contribution is 7.70. The Morgan fingerprint density at radius 1 is 1.15 bits per heavy atom. The van der Waals surface area contributed by atoms with E-state index in [0.29, 0.717) is 13.2 Å². The second kappa shape index (κ2) is 11.2. The quantitative estimate of drug-likeness (QED) is 0.474. The normalized spacial score (nSPS) is 28.7. The van der Waals surface area contributed by atoms with Crippen molar-refractivity contribution >= 4 is 39.1 Å². The molecule has 0 aromatic heterocycles. The summed E-state index contributed by atoms with van der Waals surface area (Å²) >= 11 is 0. The smallest absolute Gasteiger partial charge is 0.312 e. The number of methoxy groups -OCH3 is 1. The summed E-state index contributed by atoms with van der Waals surface area (Å²) in [5.41, 5.74) is 1.11. The molecule has 0 aliphatic carbocycles. The van der Waals surface area contributed by atoms with Gasteiger partial charge in [0.05, 0.1) is 33.2 Å². The van der Waals surface area contributed by atoms with Crippen LogP contribution in [0.1, 0.15) is 12.5 Å². The van der Waals surface area contributed by atoms with E-state index in [-0.39, 0.29) is 30.9 Å². The third kappa shape index (κ3) is 6.60. The van der Waals surface area contributed by atoms with Crippen molar-refractivity contribution in [1.82, 2.24) is 0 Å². The second-order valence-electron chi connectivity index (χ2n) is 6.51. The third-order valence-electron chi connectivity index (χ3n) is 4.26. The summed E-state index contributed by atoms with van der Waals surface area (Å²) in [6, 6.07) is 10.0. The molecule has 1 heterocycles. The van der Waals surface area contributed by atoms with Crippen LogP contribution in [0.5, 0.6) is 0 Å². The standard InChI is InChI=1S/C16H27B3O5P2/c1-11-14(24-19(17)26)15(23-18(2)25)13(22-16(11)20-3)10-21-9-12-7-5-4-6-8-12/h4-8,11,13-16H,9-10,25-26H2,1-3H3. The van der Waals surface area contributed by atoms with E-state index >= 15 is 0 Å². The maximum Gasteiger partial charge on any atom is 0.312 e. The first-order valence-corrected chi connectivity index (χ1v) is 10.1. The molecule has 7 unspecified atom stereocenters. The lowest BCUT2D eigenvalue weighted by Crippen LogP contribution is -2.59. The molecule has 26 heavy (non-hydrogen) atoms. The molecule has 0 saturated carbocycles. The van der Waals surface area contributed by atoms with Gasteiger partial charge in [-0.15, -0.1) is 18.2 Å². The van der Waals surface area contributed by atoms with Crippen LogP contribution in [0, 0.1) is 5.92 Å². The van der Waals surface area contributed by atoms with Crippen molar-refractivity contribution in [3.63, 3.8) is 0 Å². The molecule has 0 N–H and O–H groups in total. The number of rotatable bonds is 9. The fourth-order valence-corrected chi connectivity index (χ4v) is 3.47. The van der Waals surface area contributed by atoms with E-state index in [0.717, 1.165) is 5.56 Å². The first-order chi connectivity index (χ1) is 12.4. The monoisotopic (exact) mass is 394 g/mol. The van der Waals surface area contributed by atoms with Crippen molar-refractivity contribution in [2.24, 2.45) is 5.92 Å². The summed E-state index contributed by atoms with van der Waals surface area (Å²) < 4.78 is 29.5. The Kier molecular flexibility index (Phi) is 9.61. The minimum atomic E-state index is -0.491. The molecule has 1 fully saturated rings. The highest BCUT2D eigenvalue weighted by Gasteiger charge is 2.46. The third-order valence-corrected chi connectivity index (χ3v) is 4.57. The Balaban J connectivity index is 2.08. The first-order valence-electron chi connectivity index (χ1n) is 8.80. The van der Waals surface area contributed by atoms with Crippen molar-refractivity contribution in [3.8, 4) is 0 Å². The Labute approximate surface area is 163 Å². The van der Waals surface area contributed by atoms with Crippen LogP contribution in [0.25, 0.3) is 0 Å². The van der Waals surface area contributed by atoms with E-state index in [2.05, 4.69) is 18.2 Å². The predicted octanol–water partition coefficient (Wildman–Crippen LogP) is 2.00. The second-order valence-corrected chi connectivity index (χ2v) is 8.11. The van der Waals surface area contributed by atoms with Gasteiger partial charge >= 0.3 is 6.64 Å². The SMILES string of the molecule is [B]B(P)OC1C(C)C(OC)OC(COCc2ccccc2)C1OB(C)P. The Morgan fingerprint density at radius 2 is 1.85 bits per heavy atom. The highest BCUT2D eigenvalue weighted by atomic mass is 31.0. The Bertz CT molecular complexity index is 526. The van der Waals surface area contributed by atoms with E-state index in [1.54, 1.807) is 7.11 Å². The summed E-state index contributed by atoms with van der Waals surface area (Å²) in [6.45, 7) is 4.29. The Hall–Kier alpha value is 0.0748. The van der Waals surface area contributed by atoms with Crippen LogP contribution >= 0.6 is 18.2 Å². The molecule has 10 heteroatoms. The average Bonchev–Trinajstić information content (AvgIpc) is 2.60. The van der Waals surface area contributed by atoms with Gasteiger partial charge in [0.2, 0.25) is 0 Å².